The van der Waals surface area contributed by atoms with E-state index in [1.807, 2.05) is 0 Å². The molecule has 0 aliphatic heterocycles. The van der Waals surface area contributed by atoms with Gasteiger partial charge in [-0.3, -0.25) is 14.2 Å². The number of hydrogen-bond acceptors (Lipinski definition) is 3. The fraction of sp³-hybridized carbons (Fsp3) is 0.381. The molecule has 6 nitrogen and oxygen atoms in total. The molecule has 0 bridgehead atoms. The maximum Gasteiger partial charge on any atom is 0.435 e. The zero-order valence-electron chi connectivity index (χ0n) is 17.3. The van der Waals surface area contributed by atoms with Crippen LogP contribution in [0.1, 0.15) is 47.1 Å². The predicted molar refractivity (Wildman–Crippen MR) is 115 cm³/mol. The molecule has 170 valence electrons. The van der Waals surface area contributed by atoms with E-state index in [1.165, 1.54) is 0 Å². The number of benzene rings is 1. The minimum atomic E-state index is -4.55. The van der Waals surface area contributed by atoms with Gasteiger partial charge in [-0.15, -0.1) is 0 Å². The lowest BCUT2D eigenvalue weighted by atomic mass is 10.2. The number of anilines is 1. The highest BCUT2D eigenvalue weighted by atomic mass is 35.5. The van der Waals surface area contributed by atoms with Crippen LogP contribution in [0.15, 0.2) is 24.3 Å². The van der Waals surface area contributed by atoms with Gasteiger partial charge in [-0.25, -0.2) is 0 Å². The highest BCUT2D eigenvalue weighted by Crippen LogP contribution is 2.42. The van der Waals surface area contributed by atoms with E-state index in [9.17, 15) is 18.0 Å². The van der Waals surface area contributed by atoms with E-state index in [2.05, 4.69) is 15.5 Å². The van der Waals surface area contributed by atoms with Crippen LogP contribution in [0.2, 0.25) is 10.0 Å². The zero-order valence-corrected chi connectivity index (χ0v) is 18.8. The van der Waals surface area contributed by atoms with Gasteiger partial charge in [0.15, 0.2) is 5.69 Å². The second kappa shape index (κ2) is 8.44. The maximum atomic E-state index is 13.1. The topological polar surface area (TPSA) is 64.7 Å². The Kier molecular flexibility index (Phi) is 5.98. The number of hydrogen-bond donors (Lipinski definition) is 1. The van der Waals surface area contributed by atoms with E-state index < -0.39 is 17.8 Å². The first-order valence-corrected chi connectivity index (χ1v) is 10.7. The molecule has 0 spiro atoms. The standard InChI is InChI=1S/C21H20Cl2F3N5O/c1-11-20(12(2)30(28-11)9-14-5-6-15(22)7-16(14)23)27-19(32)10-31-17(13-3-4-13)8-18(29-31)21(24,25)26/h5-8,13H,3-4,9-10H2,1-2H3,(H,27,32). The lowest BCUT2D eigenvalue weighted by molar-refractivity contribution is -0.141. The third-order valence-corrected chi connectivity index (χ3v) is 5.96. The third-order valence-electron chi connectivity index (χ3n) is 5.37. The molecule has 32 heavy (non-hydrogen) atoms. The number of nitrogens with zero attached hydrogens (tertiary/aromatic N) is 4. The van der Waals surface area contributed by atoms with Crippen molar-refractivity contribution in [1.82, 2.24) is 19.6 Å². The van der Waals surface area contributed by atoms with Crippen LogP contribution in [0, 0.1) is 13.8 Å². The molecule has 1 aliphatic rings. The van der Waals surface area contributed by atoms with Crippen LogP contribution in [-0.4, -0.2) is 25.5 Å². The molecule has 0 atom stereocenters. The Morgan fingerprint density at radius 2 is 1.88 bits per heavy atom. The van der Waals surface area contributed by atoms with Gasteiger partial charge in [0.25, 0.3) is 0 Å². The number of halogens is 5. The van der Waals surface area contributed by atoms with Gasteiger partial charge in [-0.2, -0.15) is 23.4 Å². The first-order valence-electron chi connectivity index (χ1n) is 9.95. The maximum absolute atomic E-state index is 13.1. The Bertz CT molecular complexity index is 1180. The van der Waals surface area contributed by atoms with Gasteiger partial charge < -0.3 is 5.32 Å². The Balaban J connectivity index is 1.51. The number of alkyl halides is 3. The van der Waals surface area contributed by atoms with Crippen molar-refractivity contribution < 1.29 is 18.0 Å². The van der Waals surface area contributed by atoms with Gasteiger partial charge in [0.05, 0.1) is 23.6 Å². The molecule has 2 aromatic heterocycles. The second-order valence-electron chi connectivity index (χ2n) is 7.87. The molecule has 1 aliphatic carbocycles. The Morgan fingerprint density at radius 3 is 2.50 bits per heavy atom. The molecule has 4 rings (SSSR count). The highest BCUT2D eigenvalue weighted by molar-refractivity contribution is 6.35. The Labute approximate surface area is 192 Å². The van der Waals surface area contributed by atoms with Gasteiger partial charge in [0, 0.05) is 21.7 Å². The molecule has 1 fully saturated rings. The number of rotatable bonds is 6. The van der Waals surface area contributed by atoms with Crippen molar-refractivity contribution in [2.75, 3.05) is 5.32 Å². The Morgan fingerprint density at radius 1 is 1.16 bits per heavy atom. The van der Waals surface area contributed by atoms with E-state index in [0.29, 0.717) is 39.4 Å². The van der Waals surface area contributed by atoms with Crippen LogP contribution >= 0.6 is 23.2 Å². The fourth-order valence-corrected chi connectivity index (χ4v) is 4.03. The largest absolute Gasteiger partial charge is 0.435 e. The number of carbonyl (C=O) groups excluding carboxylic acids is 1. The third kappa shape index (κ3) is 4.78. The molecule has 0 saturated heterocycles. The number of amides is 1. The summed E-state index contributed by atoms with van der Waals surface area (Å²) in [5.41, 5.74) is 2.06. The van der Waals surface area contributed by atoms with Crippen LogP contribution < -0.4 is 5.32 Å². The fourth-order valence-electron chi connectivity index (χ4n) is 3.56. The lowest BCUT2D eigenvalue weighted by Crippen LogP contribution is -2.22. The van der Waals surface area contributed by atoms with Gasteiger partial charge in [-0.05, 0) is 50.5 Å². The van der Waals surface area contributed by atoms with E-state index in [0.717, 1.165) is 29.2 Å². The molecule has 1 N–H and O–H groups in total. The molecule has 11 heteroatoms. The van der Waals surface area contributed by atoms with Gasteiger partial charge in [-0.1, -0.05) is 29.3 Å². The van der Waals surface area contributed by atoms with Gasteiger partial charge in [0.2, 0.25) is 5.91 Å². The van der Waals surface area contributed by atoms with Crippen molar-refractivity contribution in [3.8, 4) is 0 Å². The van der Waals surface area contributed by atoms with Crippen molar-refractivity contribution in [2.45, 2.75) is 51.9 Å². The van der Waals surface area contributed by atoms with Crippen LogP contribution in [0.3, 0.4) is 0 Å². The first kappa shape index (κ1) is 22.7. The number of nitrogens with one attached hydrogen (secondary N) is 1. The van der Waals surface area contributed by atoms with Gasteiger partial charge >= 0.3 is 6.18 Å². The molecule has 0 radical (unpaired) electrons. The summed E-state index contributed by atoms with van der Waals surface area (Å²) >= 11 is 12.2. The van der Waals surface area contributed by atoms with E-state index in [-0.39, 0.29) is 12.5 Å². The van der Waals surface area contributed by atoms with Crippen molar-refractivity contribution in [1.29, 1.82) is 0 Å². The van der Waals surface area contributed by atoms with Crippen molar-refractivity contribution >= 4 is 34.8 Å². The Hall–Kier alpha value is -2.52. The second-order valence-corrected chi connectivity index (χ2v) is 8.72. The number of aromatic nitrogens is 4. The van der Waals surface area contributed by atoms with Crippen molar-refractivity contribution in [3.05, 3.63) is 62.6 Å². The quantitative estimate of drug-likeness (QED) is 0.495. The summed E-state index contributed by atoms with van der Waals surface area (Å²) in [6.45, 7) is 3.60. The molecule has 3 aromatic rings. The summed E-state index contributed by atoms with van der Waals surface area (Å²) in [7, 11) is 0. The molecule has 2 heterocycles. The normalized spacial score (nSPS) is 14.1. The van der Waals surface area contributed by atoms with E-state index >= 15 is 0 Å². The van der Waals surface area contributed by atoms with Crippen LogP contribution in [0.25, 0.3) is 0 Å². The van der Waals surface area contributed by atoms with Crippen molar-refractivity contribution in [3.63, 3.8) is 0 Å². The predicted octanol–water partition coefficient (Wildman–Crippen LogP) is 5.59. The molecule has 1 aromatic carbocycles. The summed E-state index contributed by atoms with van der Waals surface area (Å²) in [6.07, 6.45) is -2.96. The van der Waals surface area contributed by atoms with Crippen molar-refractivity contribution in [2.24, 2.45) is 0 Å². The SMILES string of the molecule is Cc1nn(Cc2ccc(Cl)cc2Cl)c(C)c1NC(=O)Cn1nc(C(F)(F)F)cc1C1CC1. The summed E-state index contributed by atoms with van der Waals surface area (Å²) < 4.78 is 42.1. The van der Waals surface area contributed by atoms with Crippen LogP contribution in [0.4, 0.5) is 18.9 Å². The smallest absolute Gasteiger partial charge is 0.321 e. The highest BCUT2D eigenvalue weighted by Gasteiger charge is 2.38. The van der Waals surface area contributed by atoms with Crippen LogP contribution in [0.5, 0.6) is 0 Å². The summed E-state index contributed by atoms with van der Waals surface area (Å²) in [6, 6.07) is 6.21. The molecule has 0 unspecified atom stereocenters. The minimum absolute atomic E-state index is 0.0155. The summed E-state index contributed by atoms with van der Waals surface area (Å²) in [4.78, 5) is 12.7. The van der Waals surface area contributed by atoms with E-state index in [1.54, 1.807) is 36.7 Å². The summed E-state index contributed by atoms with van der Waals surface area (Å²) in [5, 5.41) is 11.9. The minimum Gasteiger partial charge on any atom is -0.321 e. The zero-order chi connectivity index (χ0) is 23.2. The number of aryl methyl sites for hydroxylation is 1. The summed E-state index contributed by atoms with van der Waals surface area (Å²) in [5.74, 6) is -0.458. The molecular formula is C21H20Cl2F3N5O. The number of carbonyl (C=O) groups is 1. The average molecular weight is 486 g/mol. The van der Waals surface area contributed by atoms with Gasteiger partial charge in [0.1, 0.15) is 6.54 Å². The van der Waals surface area contributed by atoms with Crippen LogP contribution in [-0.2, 0) is 24.1 Å². The molecular weight excluding hydrogens is 466 g/mol. The average Bonchev–Trinajstić information content (AvgIpc) is 3.40. The van der Waals surface area contributed by atoms with E-state index in [4.69, 9.17) is 23.2 Å². The lowest BCUT2D eigenvalue weighted by Gasteiger charge is -2.10. The molecule has 1 amide bonds. The first-order chi connectivity index (χ1) is 15.0. The molecule has 1 saturated carbocycles. The monoisotopic (exact) mass is 485 g/mol.